The minimum Gasteiger partial charge on any atom is -0.467 e. The Balaban J connectivity index is 1.51. The molecule has 0 saturated carbocycles. The molecule has 0 aliphatic carbocycles. The highest BCUT2D eigenvalue weighted by molar-refractivity contribution is 6.04. The second kappa shape index (κ2) is 9.70. The first-order valence-corrected chi connectivity index (χ1v) is 11.4. The topological polar surface area (TPSA) is 75.7 Å². The largest absolute Gasteiger partial charge is 0.467 e. The Morgan fingerprint density at radius 1 is 1.00 bits per heavy atom. The van der Waals surface area contributed by atoms with E-state index in [0.29, 0.717) is 28.9 Å². The summed E-state index contributed by atoms with van der Waals surface area (Å²) in [7, 11) is 1.33. The van der Waals surface area contributed by atoms with Crippen molar-refractivity contribution in [2.75, 3.05) is 12.4 Å². The molecule has 1 unspecified atom stereocenters. The molecule has 3 aromatic carbocycles. The van der Waals surface area contributed by atoms with E-state index in [1.165, 1.54) is 25.3 Å². The molecule has 0 saturated heterocycles. The van der Waals surface area contributed by atoms with Crippen LogP contribution < -0.4 is 5.32 Å². The first-order valence-electron chi connectivity index (χ1n) is 11.4. The first-order chi connectivity index (χ1) is 16.7. The molecular weight excluding hydrogens is 447 g/mol. The Morgan fingerprint density at radius 3 is 2.31 bits per heavy atom. The van der Waals surface area contributed by atoms with Crippen molar-refractivity contribution < 1.29 is 23.5 Å². The fourth-order valence-electron chi connectivity index (χ4n) is 4.34. The number of hydrogen-bond donors (Lipinski definition) is 1. The summed E-state index contributed by atoms with van der Waals surface area (Å²) in [5.74, 6) is -1.37. The summed E-state index contributed by atoms with van der Waals surface area (Å²) in [6.07, 6.45) is 0. The quantitative estimate of drug-likeness (QED) is 0.498. The number of ether oxygens (including phenoxy) is 1. The fraction of sp³-hybridized carbons (Fsp3) is 0.250. The SMILES string of the molecule is COC(=O)C(C(C)C)N1Cc2ccc(-c3ccc(NC(=O)c4ccc(F)c(C)c4)cc3)cc2C1=O. The van der Waals surface area contributed by atoms with E-state index in [4.69, 9.17) is 4.74 Å². The van der Waals surface area contributed by atoms with Crippen molar-refractivity contribution in [3.8, 4) is 11.1 Å². The van der Waals surface area contributed by atoms with Crippen LogP contribution in [0.1, 0.15) is 45.7 Å². The molecule has 4 rings (SSSR count). The van der Waals surface area contributed by atoms with Gasteiger partial charge in [0.05, 0.1) is 7.11 Å². The normalized spacial score (nSPS) is 13.5. The Bertz CT molecular complexity index is 1300. The zero-order chi connectivity index (χ0) is 25.3. The first kappa shape index (κ1) is 24.1. The summed E-state index contributed by atoms with van der Waals surface area (Å²) in [4.78, 5) is 39.5. The van der Waals surface area contributed by atoms with Gasteiger partial charge in [0, 0.05) is 23.4 Å². The number of nitrogens with one attached hydrogen (secondary N) is 1. The van der Waals surface area contributed by atoms with Crippen LogP contribution in [0.15, 0.2) is 60.7 Å². The monoisotopic (exact) mass is 474 g/mol. The molecule has 0 spiro atoms. The molecule has 35 heavy (non-hydrogen) atoms. The zero-order valence-corrected chi connectivity index (χ0v) is 20.1. The van der Waals surface area contributed by atoms with Gasteiger partial charge in [-0.3, -0.25) is 9.59 Å². The molecule has 2 amide bonds. The number of carbonyl (C=O) groups is 3. The van der Waals surface area contributed by atoms with Crippen molar-refractivity contribution in [3.63, 3.8) is 0 Å². The Kier molecular flexibility index (Phi) is 6.69. The summed E-state index contributed by atoms with van der Waals surface area (Å²) in [6, 6.07) is 16.5. The van der Waals surface area contributed by atoms with Crippen molar-refractivity contribution in [2.24, 2.45) is 5.92 Å². The fourth-order valence-corrected chi connectivity index (χ4v) is 4.34. The number of anilines is 1. The second-order valence-corrected chi connectivity index (χ2v) is 9.01. The third-order valence-corrected chi connectivity index (χ3v) is 6.25. The van der Waals surface area contributed by atoms with E-state index in [1.807, 2.05) is 44.2 Å². The third-order valence-electron chi connectivity index (χ3n) is 6.25. The molecule has 0 aromatic heterocycles. The van der Waals surface area contributed by atoms with Crippen LogP contribution in [0.2, 0.25) is 0 Å². The Morgan fingerprint density at radius 2 is 1.69 bits per heavy atom. The van der Waals surface area contributed by atoms with Crippen LogP contribution in [-0.4, -0.2) is 35.8 Å². The molecule has 1 N–H and O–H groups in total. The molecular formula is C28H27FN2O4. The number of aryl methyl sites for hydroxylation is 1. The predicted octanol–water partition coefficient (Wildman–Crippen LogP) is 5.21. The van der Waals surface area contributed by atoms with Gasteiger partial charge in [-0.25, -0.2) is 9.18 Å². The number of halogens is 1. The predicted molar refractivity (Wildman–Crippen MR) is 131 cm³/mol. The van der Waals surface area contributed by atoms with Gasteiger partial charge in [0.2, 0.25) is 0 Å². The second-order valence-electron chi connectivity index (χ2n) is 9.01. The van der Waals surface area contributed by atoms with Crippen molar-refractivity contribution in [3.05, 3.63) is 88.7 Å². The number of amides is 2. The summed E-state index contributed by atoms with van der Waals surface area (Å²) in [5.41, 5.74) is 4.55. The zero-order valence-electron chi connectivity index (χ0n) is 20.1. The molecule has 0 fully saturated rings. The highest BCUT2D eigenvalue weighted by Gasteiger charge is 2.38. The highest BCUT2D eigenvalue weighted by atomic mass is 19.1. The number of nitrogens with zero attached hydrogens (tertiary/aromatic N) is 1. The maximum absolute atomic E-state index is 13.5. The molecule has 0 radical (unpaired) electrons. The lowest BCUT2D eigenvalue weighted by Gasteiger charge is -2.28. The van der Waals surface area contributed by atoms with Gasteiger partial charge in [0.1, 0.15) is 11.9 Å². The number of hydrogen-bond acceptors (Lipinski definition) is 4. The molecule has 6 nitrogen and oxygen atoms in total. The van der Waals surface area contributed by atoms with Crippen LogP contribution in [0.5, 0.6) is 0 Å². The standard InChI is InChI=1S/C28H27FN2O4/c1-16(2)25(28(34)35-4)31-15-21-6-5-19(14-23(21)27(31)33)18-7-10-22(11-8-18)30-26(32)20-9-12-24(29)17(3)13-20/h5-14,16,25H,15H2,1-4H3,(H,30,32). The maximum atomic E-state index is 13.5. The van der Waals surface area contributed by atoms with E-state index in [9.17, 15) is 18.8 Å². The number of esters is 1. The lowest BCUT2D eigenvalue weighted by atomic mass is 10.00. The van der Waals surface area contributed by atoms with E-state index in [2.05, 4.69) is 5.32 Å². The summed E-state index contributed by atoms with van der Waals surface area (Å²) in [5, 5.41) is 2.81. The molecule has 180 valence electrons. The van der Waals surface area contributed by atoms with E-state index in [1.54, 1.807) is 24.0 Å². The van der Waals surface area contributed by atoms with E-state index < -0.39 is 12.0 Å². The van der Waals surface area contributed by atoms with Gasteiger partial charge in [-0.1, -0.05) is 38.1 Å². The summed E-state index contributed by atoms with van der Waals surface area (Å²) in [6.45, 7) is 5.75. The van der Waals surface area contributed by atoms with Crippen molar-refractivity contribution in [1.29, 1.82) is 0 Å². The number of fused-ring (bicyclic) bond motifs is 1. The third kappa shape index (κ3) is 4.80. The number of rotatable bonds is 6. The van der Waals surface area contributed by atoms with Crippen LogP contribution in [0, 0.1) is 18.7 Å². The average Bonchev–Trinajstić information content (AvgIpc) is 3.16. The Hall–Kier alpha value is -4.00. The summed E-state index contributed by atoms with van der Waals surface area (Å²) >= 11 is 0. The minimum absolute atomic E-state index is 0.0817. The molecule has 1 aliphatic rings. The van der Waals surface area contributed by atoms with E-state index in [0.717, 1.165) is 16.7 Å². The van der Waals surface area contributed by atoms with Gasteiger partial charge >= 0.3 is 5.97 Å². The lowest BCUT2D eigenvalue weighted by molar-refractivity contribution is -0.147. The van der Waals surface area contributed by atoms with Gasteiger partial charge in [0.15, 0.2) is 0 Å². The summed E-state index contributed by atoms with van der Waals surface area (Å²) < 4.78 is 18.4. The Labute approximate surface area is 203 Å². The van der Waals surface area contributed by atoms with Crippen LogP contribution >= 0.6 is 0 Å². The molecule has 0 bridgehead atoms. The number of methoxy groups -OCH3 is 1. The average molecular weight is 475 g/mol. The van der Waals surface area contributed by atoms with Gasteiger partial charge in [-0.2, -0.15) is 0 Å². The number of carbonyl (C=O) groups excluding carboxylic acids is 3. The molecule has 7 heteroatoms. The van der Waals surface area contributed by atoms with E-state index in [-0.39, 0.29) is 23.5 Å². The smallest absolute Gasteiger partial charge is 0.328 e. The van der Waals surface area contributed by atoms with E-state index >= 15 is 0 Å². The van der Waals surface area contributed by atoms with Crippen molar-refractivity contribution >= 4 is 23.5 Å². The van der Waals surface area contributed by atoms with Crippen molar-refractivity contribution in [1.82, 2.24) is 4.90 Å². The van der Waals surface area contributed by atoms with Gasteiger partial charge < -0.3 is 15.0 Å². The van der Waals surface area contributed by atoms with Crippen LogP contribution in [0.25, 0.3) is 11.1 Å². The maximum Gasteiger partial charge on any atom is 0.328 e. The van der Waals surface area contributed by atoms with Crippen molar-refractivity contribution in [2.45, 2.75) is 33.4 Å². The molecule has 1 atom stereocenters. The molecule has 3 aromatic rings. The van der Waals surface area contributed by atoms with Crippen LogP contribution in [-0.2, 0) is 16.1 Å². The van der Waals surface area contributed by atoms with Crippen LogP contribution in [0.4, 0.5) is 10.1 Å². The van der Waals surface area contributed by atoms with Gasteiger partial charge in [-0.15, -0.1) is 0 Å². The van der Waals surface area contributed by atoms with Crippen LogP contribution in [0.3, 0.4) is 0 Å². The lowest BCUT2D eigenvalue weighted by Crippen LogP contribution is -2.45. The highest BCUT2D eigenvalue weighted by Crippen LogP contribution is 2.32. The molecule has 1 aliphatic heterocycles. The van der Waals surface area contributed by atoms with Gasteiger partial charge in [-0.05, 0) is 71.5 Å². The number of benzene rings is 3. The minimum atomic E-state index is -0.642. The molecule has 1 heterocycles. The van der Waals surface area contributed by atoms with Gasteiger partial charge in [0.25, 0.3) is 11.8 Å².